The van der Waals surface area contributed by atoms with Crippen molar-refractivity contribution in [3.8, 4) is 11.5 Å². The fourth-order valence-corrected chi connectivity index (χ4v) is 1.93. The van der Waals surface area contributed by atoms with E-state index in [1.807, 2.05) is 24.3 Å². The van der Waals surface area contributed by atoms with Crippen LogP contribution in [0.25, 0.3) is 0 Å². The SMILES string of the molecule is CN(C)C(=O)c1ccc(N)cc1Oc1ccc(Br)cc1. The second-order valence-corrected chi connectivity index (χ2v) is 5.43. The van der Waals surface area contributed by atoms with Crippen molar-refractivity contribution >= 4 is 27.5 Å². The lowest BCUT2D eigenvalue weighted by atomic mass is 10.1. The Balaban J connectivity index is 2.37. The summed E-state index contributed by atoms with van der Waals surface area (Å²) >= 11 is 3.36. The molecule has 0 radical (unpaired) electrons. The second-order valence-electron chi connectivity index (χ2n) is 4.51. The molecule has 0 aromatic heterocycles. The molecule has 0 aliphatic heterocycles. The lowest BCUT2D eigenvalue weighted by Crippen LogP contribution is -2.22. The van der Waals surface area contributed by atoms with Gasteiger partial charge in [-0.1, -0.05) is 15.9 Å². The number of carbonyl (C=O) groups excluding carboxylic acids is 1. The topological polar surface area (TPSA) is 55.6 Å². The van der Waals surface area contributed by atoms with Crippen LogP contribution in [0, 0.1) is 0 Å². The smallest absolute Gasteiger partial charge is 0.257 e. The Hall–Kier alpha value is -2.01. The first kappa shape index (κ1) is 14.4. The Bertz CT molecular complexity index is 624. The number of amides is 1. The second kappa shape index (κ2) is 5.96. The molecule has 0 bridgehead atoms. The maximum atomic E-state index is 12.1. The zero-order valence-corrected chi connectivity index (χ0v) is 12.8. The number of rotatable bonds is 3. The number of nitrogens with zero attached hydrogens (tertiary/aromatic N) is 1. The molecule has 2 aromatic carbocycles. The Morgan fingerprint density at radius 3 is 2.40 bits per heavy atom. The fraction of sp³-hybridized carbons (Fsp3) is 0.133. The summed E-state index contributed by atoms with van der Waals surface area (Å²) in [6, 6.07) is 12.4. The molecule has 5 heteroatoms. The van der Waals surface area contributed by atoms with Crippen molar-refractivity contribution in [2.24, 2.45) is 0 Å². The maximum Gasteiger partial charge on any atom is 0.257 e. The first-order chi connectivity index (χ1) is 9.47. The van der Waals surface area contributed by atoms with Gasteiger partial charge >= 0.3 is 0 Å². The number of hydrogen-bond donors (Lipinski definition) is 1. The summed E-state index contributed by atoms with van der Waals surface area (Å²) < 4.78 is 6.73. The van der Waals surface area contributed by atoms with Crippen LogP contribution >= 0.6 is 15.9 Å². The molecule has 104 valence electrons. The van der Waals surface area contributed by atoms with E-state index in [4.69, 9.17) is 10.5 Å². The maximum absolute atomic E-state index is 12.1. The van der Waals surface area contributed by atoms with Crippen LogP contribution in [0.1, 0.15) is 10.4 Å². The molecule has 2 rings (SSSR count). The predicted molar refractivity (Wildman–Crippen MR) is 83.1 cm³/mol. The van der Waals surface area contributed by atoms with Crippen LogP contribution in [-0.2, 0) is 0 Å². The minimum atomic E-state index is -0.128. The highest BCUT2D eigenvalue weighted by atomic mass is 79.9. The van der Waals surface area contributed by atoms with E-state index in [1.54, 1.807) is 32.3 Å². The van der Waals surface area contributed by atoms with E-state index >= 15 is 0 Å². The summed E-state index contributed by atoms with van der Waals surface area (Å²) in [6.45, 7) is 0. The molecular weight excluding hydrogens is 320 g/mol. The highest BCUT2D eigenvalue weighted by Crippen LogP contribution is 2.29. The summed E-state index contributed by atoms with van der Waals surface area (Å²) in [5.41, 5.74) is 6.80. The number of carbonyl (C=O) groups is 1. The molecule has 20 heavy (non-hydrogen) atoms. The number of ether oxygens (including phenoxy) is 1. The number of anilines is 1. The zero-order valence-electron chi connectivity index (χ0n) is 11.3. The first-order valence-electron chi connectivity index (χ1n) is 6.02. The zero-order chi connectivity index (χ0) is 14.7. The largest absolute Gasteiger partial charge is 0.456 e. The molecule has 4 nitrogen and oxygen atoms in total. The quantitative estimate of drug-likeness (QED) is 0.873. The fourth-order valence-electron chi connectivity index (χ4n) is 1.67. The van der Waals surface area contributed by atoms with Gasteiger partial charge in [0.05, 0.1) is 5.56 Å². The average molecular weight is 335 g/mol. The van der Waals surface area contributed by atoms with Crippen LogP contribution in [0.15, 0.2) is 46.9 Å². The molecule has 0 saturated heterocycles. The van der Waals surface area contributed by atoms with Gasteiger partial charge in [-0.05, 0) is 36.4 Å². The van der Waals surface area contributed by atoms with E-state index < -0.39 is 0 Å². The minimum absolute atomic E-state index is 0.128. The molecule has 0 aliphatic carbocycles. The van der Waals surface area contributed by atoms with Gasteiger partial charge in [0.1, 0.15) is 11.5 Å². The number of benzene rings is 2. The third kappa shape index (κ3) is 3.30. The van der Waals surface area contributed by atoms with Crippen molar-refractivity contribution in [1.29, 1.82) is 0 Å². The molecule has 0 saturated carbocycles. The van der Waals surface area contributed by atoms with Crippen molar-refractivity contribution in [3.05, 3.63) is 52.5 Å². The molecule has 2 aromatic rings. The molecule has 0 heterocycles. The van der Waals surface area contributed by atoms with Gasteiger partial charge in [0.2, 0.25) is 0 Å². The van der Waals surface area contributed by atoms with Crippen LogP contribution in [0.3, 0.4) is 0 Å². The van der Waals surface area contributed by atoms with E-state index in [1.165, 1.54) is 4.90 Å². The standard InChI is InChI=1S/C15H15BrN2O2/c1-18(2)15(19)13-8-5-11(17)9-14(13)20-12-6-3-10(16)4-7-12/h3-9H,17H2,1-2H3. The first-order valence-corrected chi connectivity index (χ1v) is 6.81. The van der Waals surface area contributed by atoms with E-state index in [9.17, 15) is 4.79 Å². The minimum Gasteiger partial charge on any atom is -0.456 e. The van der Waals surface area contributed by atoms with Gasteiger partial charge < -0.3 is 15.4 Å². The van der Waals surface area contributed by atoms with Crippen LogP contribution in [0.5, 0.6) is 11.5 Å². The summed E-state index contributed by atoms with van der Waals surface area (Å²) in [5.74, 6) is 0.967. The molecule has 0 aliphatic rings. The van der Waals surface area contributed by atoms with E-state index in [0.717, 1.165) is 4.47 Å². The van der Waals surface area contributed by atoms with Crippen molar-refractivity contribution in [1.82, 2.24) is 4.90 Å². The predicted octanol–water partition coefficient (Wildman–Crippen LogP) is 3.53. The monoisotopic (exact) mass is 334 g/mol. The lowest BCUT2D eigenvalue weighted by Gasteiger charge is -2.15. The van der Waals surface area contributed by atoms with Crippen molar-refractivity contribution in [2.45, 2.75) is 0 Å². The molecule has 0 unspecified atom stereocenters. The Labute approximate surface area is 126 Å². The van der Waals surface area contributed by atoms with Crippen LogP contribution in [0.2, 0.25) is 0 Å². The van der Waals surface area contributed by atoms with Crippen molar-refractivity contribution in [3.63, 3.8) is 0 Å². The molecule has 1 amide bonds. The third-order valence-electron chi connectivity index (χ3n) is 2.68. The molecule has 0 atom stereocenters. The Morgan fingerprint density at radius 1 is 1.15 bits per heavy atom. The van der Waals surface area contributed by atoms with Gasteiger partial charge in [0.25, 0.3) is 5.91 Å². The summed E-state index contributed by atoms with van der Waals surface area (Å²) in [7, 11) is 3.39. The summed E-state index contributed by atoms with van der Waals surface area (Å²) in [6.07, 6.45) is 0. The van der Waals surface area contributed by atoms with Gasteiger partial charge in [0.15, 0.2) is 0 Å². The van der Waals surface area contributed by atoms with Gasteiger partial charge in [-0.3, -0.25) is 4.79 Å². The molecule has 0 fully saturated rings. The van der Waals surface area contributed by atoms with Crippen molar-refractivity contribution < 1.29 is 9.53 Å². The number of halogens is 1. The molecular formula is C15H15BrN2O2. The Morgan fingerprint density at radius 2 is 1.80 bits per heavy atom. The average Bonchev–Trinajstić information content (AvgIpc) is 2.41. The van der Waals surface area contributed by atoms with E-state index in [2.05, 4.69) is 15.9 Å². The number of hydrogen-bond acceptors (Lipinski definition) is 3. The van der Waals surface area contributed by atoms with Crippen LogP contribution < -0.4 is 10.5 Å². The van der Waals surface area contributed by atoms with Gasteiger partial charge in [0, 0.05) is 30.3 Å². The normalized spacial score (nSPS) is 10.2. The van der Waals surface area contributed by atoms with Gasteiger partial charge in [-0.15, -0.1) is 0 Å². The van der Waals surface area contributed by atoms with E-state index in [-0.39, 0.29) is 5.91 Å². The summed E-state index contributed by atoms with van der Waals surface area (Å²) in [4.78, 5) is 13.6. The summed E-state index contributed by atoms with van der Waals surface area (Å²) in [5, 5.41) is 0. The van der Waals surface area contributed by atoms with Gasteiger partial charge in [-0.25, -0.2) is 0 Å². The van der Waals surface area contributed by atoms with Crippen molar-refractivity contribution in [2.75, 3.05) is 19.8 Å². The number of nitrogen functional groups attached to an aromatic ring is 1. The van der Waals surface area contributed by atoms with Gasteiger partial charge in [-0.2, -0.15) is 0 Å². The highest BCUT2D eigenvalue weighted by Gasteiger charge is 2.15. The van der Waals surface area contributed by atoms with Crippen LogP contribution in [-0.4, -0.2) is 24.9 Å². The van der Waals surface area contributed by atoms with Crippen LogP contribution in [0.4, 0.5) is 5.69 Å². The highest BCUT2D eigenvalue weighted by molar-refractivity contribution is 9.10. The Kier molecular flexibility index (Phi) is 4.29. The molecule has 0 spiro atoms. The lowest BCUT2D eigenvalue weighted by molar-refractivity contribution is 0.0825. The third-order valence-corrected chi connectivity index (χ3v) is 3.21. The number of nitrogens with two attached hydrogens (primary N) is 1. The van der Waals surface area contributed by atoms with E-state index in [0.29, 0.717) is 22.7 Å². The molecule has 2 N–H and O–H groups in total.